The number of furan rings is 1. The second-order valence-electron chi connectivity index (χ2n) is 7.64. The summed E-state index contributed by atoms with van der Waals surface area (Å²) in [5, 5.41) is 4.12. The lowest BCUT2D eigenvalue weighted by atomic mass is 9.91. The van der Waals surface area contributed by atoms with E-state index in [-0.39, 0.29) is 55.8 Å². The van der Waals surface area contributed by atoms with E-state index in [1.54, 1.807) is 6.07 Å². The predicted molar refractivity (Wildman–Crippen MR) is 139 cm³/mol. The van der Waals surface area contributed by atoms with Gasteiger partial charge >= 0.3 is 0 Å². The molecule has 6 aromatic carbocycles. The van der Waals surface area contributed by atoms with Gasteiger partial charge in [-0.2, -0.15) is 0 Å². The van der Waals surface area contributed by atoms with Crippen molar-refractivity contribution in [2.45, 2.75) is 0 Å². The monoisotopic (exact) mass is 480 g/mol. The Morgan fingerprint density at radius 3 is 1.94 bits per heavy atom. The molecule has 0 aliphatic rings. The molecule has 0 saturated carbocycles. The standard InChI is InChI=1S/C30H17BrO/c31-28-22-12-5-3-10-20(22)27(21-11-4-6-13-23(21)28)26-15-7-14-24-25-17-16-18-8-1-2-9-19(18)29(25)32-30(24)26/h1-17H/i3D,4D,5D,6D,10D,11D,12D,13D. The van der Waals surface area contributed by atoms with Crippen molar-refractivity contribution < 1.29 is 15.4 Å². The zero-order valence-electron chi connectivity index (χ0n) is 24.5. The Morgan fingerprint density at radius 2 is 1.19 bits per heavy atom. The Hall–Kier alpha value is -3.62. The van der Waals surface area contributed by atoms with Gasteiger partial charge in [0.15, 0.2) is 0 Å². The van der Waals surface area contributed by atoms with Crippen LogP contribution in [0.5, 0.6) is 0 Å². The van der Waals surface area contributed by atoms with E-state index in [0.29, 0.717) is 16.7 Å². The maximum Gasteiger partial charge on any atom is 0.143 e. The van der Waals surface area contributed by atoms with Gasteiger partial charge in [0.25, 0.3) is 0 Å². The van der Waals surface area contributed by atoms with Crippen LogP contribution in [0.1, 0.15) is 11.0 Å². The third-order valence-corrected chi connectivity index (χ3v) is 6.77. The van der Waals surface area contributed by atoms with E-state index in [1.165, 1.54) is 0 Å². The lowest BCUT2D eigenvalue weighted by Crippen LogP contribution is -1.88. The Bertz CT molecular complexity index is 2190. The van der Waals surface area contributed by atoms with E-state index < -0.39 is 24.2 Å². The first-order valence-electron chi connectivity index (χ1n) is 14.1. The van der Waals surface area contributed by atoms with Crippen molar-refractivity contribution in [3.8, 4) is 11.1 Å². The largest absolute Gasteiger partial charge is 0.455 e. The summed E-state index contributed by atoms with van der Waals surface area (Å²) >= 11 is 3.46. The van der Waals surface area contributed by atoms with Crippen LogP contribution in [0.3, 0.4) is 0 Å². The fourth-order valence-electron chi connectivity index (χ4n) is 4.57. The molecule has 0 N–H and O–H groups in total. The average Bonchev–Trinajstić information content (AvgIpc) is 3.36. The van der Waals surface area contributed by atoms with Gasteiger partial charge in [-0.15, -0.1) is 0 Å². The van der Waals surface area contributed by atoms with Crippen LogP contribution in [-0.2, 0) is 0 Å². The summed E-state index contributed by atoms with van der Waals surface area (Å²) in [4.78, 5) is 0. The summed E-state index contributed by atoms with van der Waals surface area (Å²) < 4.78 is 75.5. The summed E-state index contributed by atoms with van der Waals surface area (Å²) in [6, 6.07) is 14.4. The molecule has 150 valence electrons. The van der Waals surface area contributed by atoms with Crippen molar-refractivity contribution >= 4 is 70.2 Å². The lowest BCUT2D eigenvalue weighted by Gasteiger charge is -2.14. The van der Waals surface area contributed by atoms with Crippen LogP contribution in [0.2, 0.25) is 0 Å². The molecule has 7 aromatic rings. The van der Waals surface area contributed by atoms with Crippen LogP contribution in [0, 0.1) is 0 Å². The minimum absolute atomic E-state index is 0.136. The molecule has 2 heteroatoms. The molecule has 0 spiro atoms. The quantitative estimate of drug-likeness (QED) is 0.213. The molecule has 0 radical (unpaired) electrons. The van der Waals surface area contributed by atoms with Crippen LogP contribution >= 0.6 is 15.9 Å². The van der Waals surface area contributed by atoms with E-state index >= 15 is 0 Å². The minimum Gasteiger partial charge on any atom is -0.455 e. The van der Waals surface area contributed by atoms with Crippen molar-refractivity contribution in [2.75, 3.05) is 0 Å². The molecule has 1 nitrogen and oxygen atoms in total. The van der Waals surface area contributed by atoms with Crippen molar-refractivity contribution in [1.29, 1.82) is 0 Å². The molecule has 0 saturated heterocycles. The zero-order chi connectivity index (χ0) is 28.2. The normalized spacial score (nSPS) is 15.4. The zero-order valence-corrected chi connectivity index (χ0v) is 18.1. The highest BCUT2D eigenvalue weighted by Crippen LogP contribution is 2.45. The summed E-state index contributed by atoms with van der Waals surface area (Å²) in [6.07, 6.45) is 0. The highest BCUT2D eigenvalue weighted by molar-refractivity contribution is 9.10. The number of para-hydroxylation sites is 1. The number of halogens is 1. The fraction of sp³-hybridized carbons (Fsp3) is 0. The summed E-state index contributed by atoms with van der Waals surface area (Å²) in [5.41, 5.74) is 1.85. The molecule has 7 rings (SSSR count). The topological polar surface area (TPSA) is 13.1 Å². The maximum atomic E-state index is 8.90. The van der Waals surface area contributed by atoms with Crippen molar-refractivity contribution in [2.24, 2.45) is 0 Å². The highest BCUT2D eigenvalue weighted by Gasteiger charge is 2.19. The lowest BCUT2D eigenvalue weighted by molar-refractivity contribution is 0.674. The second kappa shape index (κ2) is 6.69. The van der Waals surface area contributed by atoms with Crippen LogP contribution < -0.4 is 0 Å². The van der Waals surface area contributed by atoms with Gasteiger partial charge < -0.3 is 4.42 Å². The molecule has 0 unspecified atom stereocenters. The van der Waals surface area contributed by atoms with Gasteiger partial charge in [-0.1, -0.05) is 96.9 Å². The first-order valence-corrected chi connectivity index (χ1v) is 10.9. The molecule has 1 heterocycles. The number of fused-ring (bicyclic) bond motifs is 7. The molecular formula is C30H17BrO. The molecule has 0 fully saturated rings. The number of hydrogen-bond acceptors (Lipinski definition) is 1. The van der Waals surface area contributed by atoms with Gasteiger partial charge in [0.1, 0.15) is 11.2 Å². The van der Waals surface area contributed by atoms with Crippen LogP contribution in [0.4, 0.5) is 0 Å². The van der Waals surface area contributed by atoms with Crippen LogP contribution in [0.25, 0.3) is 65.4 Å². The molecule has 0 aliphatic carbocycles. The van der Waals surface area contributed by atoms with Crippen molar-refractivity contribution in [3.05, 3.63) is 107 Å². The molecular weight excluding hydrogens is 456 g/mol. The molecule has 0 aliphatic heterocycles. The van der Waals surface area contributed by atoms with E-state index in [4.69, 9.17) is 15.4 Å². The van der Waals surface area contributed by atoms with Crippen LogP contribution in [0.15, 0.2) is 112 Å². The summed E-state index contributed by atoms with van der Waals surface area (Å²) in [7, 11) is 0. The van der Waals surface area contributed by atoms with E-state index in [0.717, 1.165) is 21.5 Å². The smallest absolute Gasteiger partial charge is 0.143 e. The Kier molecular flexibility index (Phi) is 2.48. The van der Waals surface area contributed by atoms with Gasteiger partial charge in [-0.25, -0.2) is 0 Å². The predicted octanol–water partition coefficient (Wildman–Crippen LogP) is 9.48. The summed E-state index contributed by atoms with van der Waals surface area (Å²) in [6.45, 7) is 0. The van der Waals surface area contributed by atoms with Gasteiger partial charge in [0, 0.05) is 31.8 Å². The maximum absolute atomic E-state index is 8.90. The number of benzene rings is 6. The third-order valence-electron chi connectivity index (χ3n) is 5.97. The van der Waals surface area contributed by atoms with Crippen molar-refractivity contribution in [1.82, 2.24) is 0 Å². The van der Waals surface area contributed by atoms with E-state index in [9.17, 15) is 0 Å². The Balaban J connectivity index is 1.80. The molecule has 32 heavy (non-hydrogen) atoms. The molecule has 0 amide bonds. The second-order valence-corrected chi connectivity index (χ2v) is 8.43. The van der Waals surface area contributed by atoms with E-state index in [2.05, 4.69) is 15.9 Å². The fourth-order valence-corrected chi connectivity index (χ4v) is 5.17. The minimum atomic E-state index is -0.436. The average molecular weight is 481 g/mol. The molecule has 0 atom stereocenters. The van der Waals surface area contributed by atoms with Gasteiger partial charge in [0.05, 0.1) is 11.0 Å². The highest BCUT2D eigenvalue weighted by atomic mass is 79.9. The third kappa shape index (κ3) is 2.39. The molecule has 0 bridgehead atoms. The number of hydrogen-bond donors (Lipinski definition) is 0. The van der Waals surface area contributed by atoms with Crippen LogP contribution in [-0.4, -0.2) is 0 Å². The Morgan fingerprint density at radius 1 is 0.562 bits per heavy atom. The first kappa shape index (κ1) is 11.8. The van der Waals surface area contributed by atoms with E-state index in [1.807, 2.05) is 48.5 Å². The first-order chi connectivity index (χ1) is 19.1. The van der Waals surface area contributed by atoms with Gasteiger partial charge in [-0.05, 0) is 48.9 Å². The number of rotatable bonds is 1. The SMILES string of the molecule is [2H]c1c([2H])c([2H])c2c(-c3cccc4c3oc3c5ccccc5ccc43)c3c([2H])c([2H])c([2H])c([2H])c3c(Br)c2c1[2H]. The van der Waals surface area contributed by atoms with Gasteiger partial charge in [-0.3, -0.25) is 0 Å². The summed E-state index contributed by atoms with van der Waals surface area (Å²) in [5.74, 6) is 0. The Labute approximate surface area is 204 Å². The van der Waals surface area contributed by atoms with Crippen molar-refractivity contribution in [3.63, 3.8) is 0 Å². The van der Waals surface area contributed by atoms with Gasteiger partial charge in [0.2, 0.25) is 0 Å². The molecule has 1 aromatic heterocycles.